The number of hydrogen-bond acceptors (Lipinski definition) is 4. The molecule has 0 bridgehead atoms. The van der Waals surface area contributed by atoms with E-state index in [9.17, 15) is 4.57 Å². The first-order valence-corrected chi connectivity index (χ1v) is 8.96. The number of benzene rings is 2. The summed E-state index contributed by atoms with van der Waals surface area (Å²) in [6.45, 7) is 0.719. The largest absolute Gasteiger partial charge is 0.469 e. The molecule has 0 heterocycles. The third-order valence-electron chi connectivity index (χ3n) is 3.03. The Kier molecular flexibility index (Phi) is 6.50. The molecular formula is C15H18NO5PS. The Morgan fingerprint density at radius 1 is 1.17 bits per heavy atom. The van der Waals surface area contributed by atoms with E-state index >= 15 is 0 Å². The number of ether oxygens (including phenoxy) is 1. The number of thiocarbonyl (C=S) groups is 1. The first kappa shape index (κ1) is 17.8. The maximum absolute atomic E-state index is 10.5. The van der Waals surface area contributed by atoms with Crippen LogP contribution in [-0.2, 0) is 20.4 Å². The first-order valence-electron chi connectivity index (χ1n) is 7.02. The maximum Gasteiger partial charge on any atom is 0.469 e. The van der Waals surface area contributed by atoms with Crippen molar-refractivity contribution in [2.75, 3.05) is 13.2 Å². The van der Waals surface area contributed by atoms with E-state index < -0.39 is 7.82 Å². The molecule has 8 heteroatoms. The van der Waals surface area contributed by atoms with Crippen LogP contribution in [0.5, 0.6) is 0 Å². The van der Waals surface area contributed by atoms with Crippen LogP contribution < -0.4 is 5.32 Å². The highest BCUT2D eigenvalue weighted by Gasteiger charge is 2.12. The van der Waals surface area contributed by atoms with Gasteiger partial charge in [-0.2, -0.15) is 0 Å². The van der Waals surface area contributed by atoms with E-state index in [1.54, 1.807) is 0 Å². The Hall–Kier alpha value is -1.50. The molecule has 0 aromatic heterocycles. The lowest BCUT2D eigenvalue weighted by molar-refractivity contribution is 0.195. The van der Waals surface area contributed by atoms with Gasteiger partial charge in [-0.25, -0.2) is 4.57 Å². The minimum absolute atomic E-state index is 0.0510. The molecule has 23 heavy (non-hydrogen) atoms. The van der Waals surface area contributed by atoms with Crippen molar-refractivity contribution in [1.82, 2.24) is 5.32 Å². The van der Waals surface area contributed by atoms with Crippen molar-refractivity contribution in [3.8, 4) is 0 Å². The van der Waals surface area contributed by atoms with Crippen LogP contribution in [-0.4, -0.2) is 28.1 Å². The molecular weight excluding hydrogens is 337 g/mol. The molecule has 3 N–H and O–H groups in total. The molecule has 0 atom stereocenters. The summed E-state index contributed by atoms with van der Waals surface area (Å²) in [5.41, 5.74) is 1.01. The van der Waals surface area contributed by atoms with E-state index in [-0.39, 0.29) is 11.8 Å². The summed E-state index contributed by atoms with van der Waals surface area (Å²) in [5.74, 6) is 0. The van der Waals surface area contributed by atoms with Crippen LogP contribution in [0.25, 0.3) is 10.8 Å². The fraction of sp³-hybridized carbons (Fsp3) is 0.267. The third kappa shape index (κ3) is 6.64. The predicted octanol–water partition coefficient (Wildman–Crippen LogP) is 2.73. The molecule has 0 saturated carbocycles. The zero-order valence-corrected chi connectivity index (χ0v) is 14.1. The van der Waals surface area contributed by atoms with Crippen molar-refractivity contribution in [3.05, 3.63) is 48.0 Å². The van der Waals surface area contributed by atoms with Gasteiger partial charge >= 0.3 is 7.82 Å². The molecule has 2 aromatic carbocycles. The lowest BCUT2D eigenvalue weighted by Gasteiger charge is -2.10. The highest BCUT2D eigenvalue weighted by molar-refractivity contribution is 7.80. The Balaban J connectivity index is 1.70. The second kappa shape index (κ2) is 8.38. The van der Waals surface area contributed by atoms with Crippen LogP contribution in [0.2, 0.25) is 0 Å². The highest BCUT2D eigenvalue weighted by atomic mass is 32.1. The molecule has 2 aromatic rings. The average molecular weight is 355 g/mol. The molecule has 0 aliphatic rings. The predicted molar refractivity (Wildman–Crippen MR) is 92.0 cm³/mol. The van der Waals surface area contributed by atoms with E-state index in [4.69, 9.17) is 26.7 Å². The molecule has 0 saturated heterocycles. The van der Waals surface area contributed by atoms with Crippen LogP contribution in [0.3, 0.4) is 0 Å². The summed E-state index contributed by atoms with van der Waals surface area (Å²) in [5, 5.41) is 5.41. The Labute approximate surface area is 139 Å². The molecule has 0 amide bonds. The number of phosphoric acid groups is 1. The lowest BCUT2D eigenvalue weighted by Crippen LogP contribution is -2.25. The van der Waals surface area contributed by atoms with E-state index in [1.807, 2.05) is 42.5 Å². The standard InChI is InChI=1S/C15H18NO5PS/c17-22(18,19)21-9-3-8-16-15(23)20-11-12-6-7-13-4-1-2-5-14(13)10-12/h1-2,4-7,10H,3,8-9,11H2,(H,16,23)(H2,17,18,19). The fourth-order valence-corrected chi connectivity index (χ4v) is 2.50. The van der Waals surface area contributed by atoms with E-state index in [2.05, 4.69) is 9.84 Å². The van der Waals surface area contributed by atoms with Gasteiger partial charge in [-0.15, -0.1) is 0 Å². The number of rotatable bonds is 7. The minimum atomic E-state index is -4.39. The van der Waals surface area contributed by atoms with Gasteiger partial charge in [-0.05, 0) is 41.0 Å². The van der Waals surface area contributed by atoms with E-state index in [0.717, 1.165) is 10.9 Å². The van der Waals surface area contributed by atoms with Crippen molar-refractivity contribution in [3.63, 3.8) is 0 Å². The zero-order valence-electron chi connectivity index (χ0n) is 12.3. The number of hydrogen-bond donors (Lipinski definition) is 3. The van der Waals surface area contributed by atoms with E-state index in [0.29, 0.717) is 19.6 Å². The molecule has 124 valence electrons. The zero-order chi connectivity index (χ0) is 16.7. The smallest absolute Gasteiger partial charge is 0.466 e. The van der Waals surface area contributed by atoms with Crippen LogP contribution in [0.15, 0.2) is 42.5 Å². The second-order valence-electron chi connectivity index (χ2n) is 4.86. The molecule has 6 nitrogen and oxygen atoms in total. The quantitative estimate of drug-likeness (QED) is 0.400. The van der Waals surface area contributed by atoms with Crippen LogP contribution in [0.1, 0.15) is 12.0 Å². The molecule has 0 unspecified atom stereocenters. The Bertz CT molecular complexity index is 718. The van der Waals surface area contributed by atoms with Gasteiger partial charge in [0, 0.05) is 6.54 Å². The monoisotopic (exact) mass is 355 g/mol. The average Bonchev–Trinajstić information content (AvgIpc) is 2.51. The van der Waals surface area contributed by atoms with Gasteiger partial charge in [0.25, 0.3) is 5.17 Å². The molecule has 0 fully saturated rings. The van der Waals surface area contributed by atoms with Gasteiger partial charge in [0.05, 0.1) is 6.61 Å². The van der Waals surface area contributed by atoms with Gasteiger partial charge in [0.2, 0.25) is 0 Å². The highest BCUT2D eigenvalue weighted by Crippen LogP contribution is 2.35. The number of phosphoric ester groups is 1. The minimum Gasteiger partial charge on any atom is -0.466 e. The van der Waals surface area contributed by atoms with Crippen molar-refractivity contribution in [2.45, 2.75) is 13.0 Å². The lowest BCUT2D eigenvalue weighted by atomic mass is 10.1. The molecule has 0 radical (unpaired) electrons. The number of nitrogens with one attached hydrogen (secondary N) is 1. The van der Waals surface area contributed by atoms with Gasteiger partial charge in [0.15, 0.2) is 0 Å². The number of fused-ring (bicyclic) bond motifs is 1. The van der Waals surface area contributed by atoms with Crippen molar-refractivity contribution in [1.29, 1.82) is 0 Å². The molecule has 2 rings (SSSR count). The summed E-state index contributed by atoms with van der Waals surface area (Å²) < 4.78 is 20.3. The topological polar surface area (TPSA) is 88.0 Å². The van der Waals surface area contributed by atoms with Gasteiger partial charge in [-0.1, -0.05) is 36.4 Å². The summed E-state index contributed by atoms with van der Waals surface area (Å²) in [7, 11) is -4.39. The SMILES string of the molecule is O=P(O)(O)OCCCNC(=S)OCc1ccc2ccccc2c1. The fourth-order valence-electron chi connectivity index (χ4n) is 1.97. The van der Waals surface area contributed by atoms with Crippen molar-refractivity contribution >= 4 is 36.0 Å². The normalized spacial score (nSPS) is 11.4. The Morgan fingerprint density at radius 2 is 1.91 bits per heavy atom. The van der Waals surface area contributed by atoms with Crippen molar-refractivity contribution < 1.29 is 23.6 Å². The molecule has 0 aliphatic carbocycles. The third-order valence-corrected chi connectivity index (χ3v) is 3.81. The summed E-state index contributed by atoms with van der Waals surface area (Å²) in [4.78, 5) is 17.1. The van der Waals surface area contributed by atoms with E-state index in [1.165, 1.54) is 5.39 Å². The second-order valence-corrected chi connectivity index (χ2v) is 6.47. The van der Waals surface area contributed by atoms with Gasteiger partial charge < -0.3 is 19.8 Å². The Morgan fingerprint density at radius 3 is 2.65 bits per heavy atom. The first-order chi connectivity index (χ1) is 10.9. The van der Waals surface area contributed by atoms with Gasteiger partial charge in [0.1, 0.15) is 6.61 Å². The van der Waals surface area contributed by atoms with Gasteiger partial charge in [-0.3, -0.25) is 4.52 Å². The molecule has 0 aliphatic heterocycles. The van der Waals surface area contributed by atoms with Crippen LogP contribution in [0.4, 0.5) is 0 Å². The van der Waals surface area contributed by atoms with Crippen LogP contribution >= 0.6 is 20.0 Å². The summed E-state index contributed by atoms with van der Waals surface area (Å²) in [6, 6.07) is 14.1. The van der Waals surface area contributed by atoms with Crippen molar-refractivity contribution in [2.24, 2.45) is 0 Å². The maximum atomic E-state index is 10.5. The summed E-state index contributed by atoms with van der Waals surface area (Å²) in [6.07, 6.45) is 0.407. The van der Waals surface area contributed by atoms with Crippen LogP contribution in [0, 0.1) is 0 Å². The summed E-state index contributed by atoms with van der Waals surface area (Å²) >= 11 is 5.04. The molecule has 0 spiro atoms.